The molecule has 10 nitrogen and oxygen atoms in total. The van der Waals surface area contributed by atoms with Crippen LogP contribution in [0.5, 0.6) is 0 Å². The summed E-state index contributed by atoms with van der Waals surface area (Å²) in [4.78, 5) is 32.5. The lowest BCUT2D eigenvalue weighted by molar-refractivity contribution is -0.148. The molecule has 0 aliphatic rings. The Labute approximate surface area is 222 Å². The molecule has 0 aliphatic carbocycles. The highest BCUT2D eigenvalue weighted by atomic mass is 31.2. The molecule has 0 bridgehead atoms. The molecular weight excluding hydrogens is 501 g/mol. The van der Waals surface area contributed by atoms with E-state index >= 15 is 0 Å². The average Bonchev–Trinajstić information content (AvgIpc) is 2.86. The molecule has 0 amide bonds. The van der Waals surface area contributed by atoms with E-state index in [1.54, 1.807) is 6.92 Å². The number of aliphatic carboxylic acids is 1. The van der Waals surface area contributed by atoms with Gasteiger partial charge in [0.15, 0.2) is 0 Å². The smallest absolute Gasteiger partial charge is 0.472 e. The van der Waals surface area contributed by atoms with Crippen molar-refractivity contribution in [3.05, 3.63) is 12.2 Å². The number of carboxylic acids is 1. The molecule has 4 N–H and O–H groups in total. The van der Waals surface area contributed by atoms with Crippen LogP contribution in [0.15, 0.2) is 12.2 Å². The number of esters is 1. The molecular formula is C26H50NO9P. The highest BCUT2D eigenvalue weighted by molar-refractivity contribution is 7.47. The maximum Gasteiger partial charge on any atom is 0.472 e. The number of hydrogen-bond acceptors (Lipinski definition) is 8. The minimum absolute atomic E-state index is 0.101. The van der Waals surface area contributed by atoms with Crippen LogP contribution in [0.1, 0.15) is 104 Å². The molecule has 0 saturated carbocycles. The Morgan fingerprint density at radius 1 is 0.865 bits per heavy atom. The summed E-state index contributed by atoms with van der Waals surface area (Å²) in [6, 6.07) is -1.47. The van der Waals surface area contributed by atoms with Crippen LogP contribution < -0.4 is 5.73 Å². The number of phosphoric ester groups is 1. The Balaban J connectivity index is 3.95. The van der Waals surface area contributed by atoms with Gasteiger partial charge in [0, 0.05) is 13.0 Å². The van der Waals surface area contributed by atoms with E-state index in [-0.39, 0.29) is 19.6 Å². The van der Waals surface area contributed by atoms with Gasteiger partial charge in [0.2, 0.25) is 0 Å². The second-order valence-electron chi connectivity index (χ2n) is 9.11. The van der Waals surface area contributed by atoms with Crippen molar-refractivity contribution in [3.63, 3.8) is 0 Å². The normalized spacial score (nSPS) is 14.9. The van der Waals surface area contributed by atoms with Crippen LogP contribution in [0.2, 0.25) is 0 Å². The quantitative estimate of drug-likeness (QED) is 0.0542. The molecule has 218 valence electrons. The molecule has 0 radical (unpaired) electrons. The Morgan fingerprint density at radius 2 is 1.43 bits per heavy atom. The molecule has 3 atom stereocenters. The third-order valence-electron chi connectivity index (χ3n) is 5.60. The first-order chi connectivity index (χ1) is 17.7. The van der Waals surface area contributed by atoms with E-state index in [4.69, 9.17) is 24.8 Å². The van der Waals surface area contributed by atoms with Crippen LogP contribution in [0, 0.1) is 0 Å². The molecule has 0 fully saturated rings. The van der Waals surface area contributed by atoms with Gasteiger partial charge in [-0.1, -0.05) is 70.4 Å². The SMILES string of the molecule is CCCCCCCC/C=C\CCCCCCCC(=O)OC[C@@H](COCC)OP(=O)(O)OC[C@H](N)C(=O)O. The van der Waals surface area contributed by atoms with E-state index in [9.17, 15) is 19.0 Å². The van der Waals surface area contributed by atoms with Crippen molar-refractivity contribution in [1.82, 2.24) is 0 Å². The van der Waals surface area contributed by atoms with Gasteiger partial charge in [-0.2, -0.15) is 0 Å². The number of hydrogen-bond donors (Lipinski definition) is 3. The van der Waals surface area contributed by atoms with Crippen LogP contribution in [0.4, 0.5) is 0 Å². The number of rotatable bonds is 26. The standard InChI is InChI=1S/C26H50NO9P/c1-3-5-6-7-8-9-10-11-12-13-14-15-16-17-18-19-25(28)34-21-23(20-33-4-2)36-37(31,32)35-22-24(27)26(29)30/h11-12,23-24H,3-10,13-22,27H2,1-2H3,(H,29,30)(H,31,32)/b12-11-/t23-,24+/m1/s1. The van der Waals surface area contributed by atoms with Gasteiger partial charge in [-0.3, -0.25) is 18.6 Å². The third kappa shape index (κ3) is 23.6. The Morgan fingerprint density at radius 3 is 2.00 bits per heavy atom. The maximum atomic E-state index is 12.1. The van der Waals surface area contributed by atoms with Gasteiger partial charge in [-0.15, -0.1) is 0 Å². The van der Waals surface area contributed by atoms with Crippen molar-refractivity contribution >= 4 is 19.8 Å². The van der Waals surface area contributed by atoms with Gasteiger partial charge in [0.05, 0.1) is 13.2 Å². The summed E-state index contributed by atoms with van der Waals surface area (Å²) < 4.78 is 32.0. The number of nitrogens with two attached hydrogens (primary N) is 1. The second-order valence-corrected chi connectivity index (χ2v) is 10.5. The van der Waals surface area contributed by atoms with E-state index in [0.717, 1.165) is 32.1 Å². The molecule has 0 saturated heterocycles. The fraction of sp³-hybridized carbons (Fsp3) is 0.846. The van der Waals surface area contributed by atoms with Gasteiger partial charge in [0.1, 0.15) is 18.8 Å². The number of allylic oxidation sites excluding steroid dienone is 2. The number of phosphoric acid groups is 1. The topological polar surface area (TPSA) is 155 Å². The van der Waals surface area contributed by atoms with E-state index in [1.165, 1.54) is 44.9 Å². The highest BCUT2D eigenvalue weighted by Crippen LogP contribution is 2.44. The number of carboxylic acid groups (broad SMARTS) is 1. The number of ether oxygens (including phenoxy) is 2. The second kappa shape index (κ2) is 23.8. The Bertz CT molecular complexity index is 660. The molecule has 0 aliphatic heterocycles. The Hall–Kier alpha value is -1.29. The lowest BCUT2D eigenvalue weighted by Gasteiger charge is -2.21. The van der Waals surface area contributed by atoms with Crippen LogP contribution >= 0.6 is 7.82 Å². The van der Waals surface area contributed by atoms with E-state index in [1.807, 2.05) is 0 Å². The van der Waals surface area contributed by atoms with E-state index in [2.05, 4.69) is 23.6 Å². The van der Waals surface area contributed by atoms with Crippen molar-refractivity contribution in [3.8, 4) is 0 Å². The molecule has 0 spiro atoms. The molecule has 0 aromatic carbocycles. The minimum Gasteiger partial charge on any atom is -0.480 e. The van der Waals surface area contributed by atoms with Crippen LogP contribution in [0.3, 0.4) is 0 Å². The number of carbonyl (C=O) groups is 2. The number of unbranched alkanes of at least 4 members (excludes halogenated alkanes) is 11. The largest absolute Gasteiger partial charge is 0.480 e. The first-order valence-corrected chi connectivity index (χ1v) is 15.2. The van der Waals surface area contributed by atoms with Crippen molar-refractivity contribution in [2.75, 3.05) is 26.4 Å². The fourth-order valence-electron chi connectivity index (χ4n) is 3.42. The molecule has 0 heterocycles. The summed E-state index contributed by atoms with van der Waals surface area (Å²) in [6.07, 6.45) is 19.0. The van der Waals surface area contributed by atoms with Crippen LogP contribution in [-0.2, 0) is 32.7 Å². The molecule has 1 unspecified atom stereocenters. The predicted octanol–water partition coefficient (Wildman–Crippen LogP) is 5.52. The Kier molecular flexibility index (Phi) is 23.0. The third-order valence-corrected chi connectivity index (χ3v) is 6.64. The van der Waals surface area contributed by atoms with Gasteiger partial charge in [0.25, 0.3) is 0 Å². The lowest BCUT2D eigenvalue weighted by atomic mass is 10.1. The lowest BCUT2D eigenvalue weighted by Crippen LogP contribution is -2.35. The molecule has 0 aromatic rings. The first kappa shape index (κ1) is 35.7. The van der Waals surface area contributed by atoms with Crippen molar-refractivity contribution in [1.29, 1.82) is 0 Å². The van der Waals surface area contributed by atoms with E-state index < -0.39 is 38.5 Å². The van der Waals surface area contributed by atoms with Gasteiger partial charge >= 0.3 is 19.8 Å². The zero-order valence-corrected chi connectivity index (χ0v) is 23.7. The van der Waals surface area contributed by atoms with E-state index in [0.29, 0.717) is 13.0 Å². The zero-order valence-electron chi connectivity index (χ0n) is 22.8. The molecule has 11 heteroatoms. The van der Waals surface area contributed by atoms with Crippen molar-refractivity contribution in [2.45, 2.75) is 116 Å². The zero-order chi connectivity index (χ0) is 27.8. The maximum absolute atomic E-state index is 12.1. The van der Waals surface area contributed by atoms with Crippen LogP contribution in [-0.4, -0.2) is 60.5 Å². The van der Waals surface area contributed by atoms with Crippen LogP contribution in [0.25, 0.3) is 0 Å². The predicted molar refractivity (Wildman–Crippen MR) is 143 cm³/mol. The monoisotopic (exact) mass is 551 g/mol. The minimum atomic E-state index is -4.62. The fourth-order valence-corrected chi connectivity index (χ4v) is 4.33. The summed E-state index contributed by atoms with van der Waals surface area (Å²) in [7, 11) is -4.62. The van der Waals surface area contributed by atoms with Gasteiger partial charge in [-0.25, -0.2) is 4.57 Å². The summed E-state index contributed by atoms with van der Waals surface area (Å²) >= 11 is 0. The van der Waals surface area contributed by atoms with Gasteiger partial charge in [-0.05, 0) is 39.0 Å². The van der Waals surface area contributed by atoms with Crippen molar-refractivity contribution in [2.24, 2.45) is 5.73 Å². The first-order valence-electron chi connectivity index (χ1n) is 13.7. The summed E-state index contributed by atoms with van der Waals surface area (Å²) in [5.74, 6) is -1.81. The molecule has 37 heavy (non-hydrogen) atoms. The van der Waals surface area contributed by atoms with Crippen molar-refractivity contribution < 1.29 is 42.7 Å². The van der Waals surface area contributed by atoms with Gasteiger partial charge < -0.3 is 25.2 Å². The molecule has 0 rings (SSSR count). The summed E-state index contributed by atoms with van der Waals surface area (Å²) in [5.41, 5.74) is 5.25. The number of carbonyl (C=O) groups excluding carboxylic acids is 1. The summed E-state index contributed by atoms with van der Waals surface area (Å²) in [5, 5.41) is 8.73. The summed E-state index contributed by atoms with van der Waals surface area (Å²) in [6.45, 7) is 3.19. The highest BCUT2D eigenvalue weighted by Gasteiger charge is 2.29. The molecule has 0 aromatic heterocycles. The average molecular weight is 552 g/mol.